The van der Waals surface area contributed by atoms with Gasteiger partial charge in [0.25, 0.3) is 0 Å². The minimum absolute atomic E-state index is 0.504. The van der Waals surface area contributed by atoms with Gasteiger partial charge in [0.15, 0.2) is 0 Å². The molecule has 82 valence electrons. The topological polar surface area (TPSA) is 12.9 Å². The van der Waals surface area contributed by atoms with Crippen molar-refractivity contribution in [3.8, 4) is 11.1 Å². The van der Waals surface area contributed by atoms with Gasteiger partial charge < -0.3 is 0 Å². The summed E-state index contributed by atoms with van der Waals surface area (Å²) < 4.78 is 0.905. The van der Waals surface area contributed by atoms with E-state index in [-0.39, 0.29) is 0 Å². The zero-order chi connectivity index (χ0) is 11.7. The van der Waals surface area contributed by atoms with E-state index in [2.05, 4.69) is 27.6 Å². The maximum atomic E-state index is 5.95. The molecule has 2 aromatic rings. The zero-order valence-electron chi connectivity index (χ0n) is 7.85. The highest BCUT2D eigenvalue weighted by Crippen LogP contribution is 2.29. The fraction of sp³-hybridized carbons (Fsp3) is 0. The van der Waals surface area contributed by atoms with Crippen LogP contribution >= 0.6 is 57.4 Å². The van der Waals surface area contributed by atoms with Crippen LogP contribution in [0.3, 0.4) is 0 Å². The number of aromatic nitrogens is 1. The molecule has 0 aliphatic rings. The molecule has 0 aliphatic heterocycles. The minimum atomic E-state index is 0.504. The first kappa shape index (κ1) is 12.4. The van der Waals surface area contributed by atoms with Gasteiger partial charge in [-0.25, -0.2) is 4.98 Å². The lowest BCUT2D eigenvalue weighted by Crippen LogP contribution is -1.84. The maximum Gasteiger partial charge on any atom is 0.142 e. The molecule has 0 spiro atoms. The monoisotopic (exact) mass is 383 g/mol. The summed E-state index contributed by atoms with van der Waals surface area (Å²) in [6, 6.07) is 7.43. The lowest BCUT2D eigenvalue weighted by Gasteiger charge is -2.04. The number of nitrogens with zero attached hydrogens (tertiary/aromatic N) is 1. The number of rotatable bonds is 1. The summed E-state index contributed by atoms with van der Waals surface area (Å²) in [7, 11) is 0. The number of halogens is 4. The first-order valence-corrected chi connectivity index (χ1v) is 6.55. The average molecular weight is 384 g/mol. The first-order valence-electron chi connectivity index (χ1n) is 4.34. The lowest BCUT2D eigenvalue weighted by molar-refractivity contribution is 1.31. The summed E-state index contributed by atoms with van der Waals surface area (Å²) in [5, 5.41) is 1.58. The molecule has 1 nitrogen and oxygen atoms in total. The minimum Gasteiger partial charge on any atom is -0.243 e. The number of benzene rings is 1. The highest BCUT2D eigenvalue weighted by Gasteiger charge is 2.05. The molecule has 0 bridgehead atoms. The molecule has 0 aliphatic carbocycles. The fourth-order valence-electron chi connectivity index (χ4n) is 1.25. The number of hydrogen-bond donors (Lipinski definition) is 0. The molecule has 0 amide bonds. The predicted octanol–water partition coefficient (Wildman–Crippen LogP) is 5.31. The summed E-state index contributed by atoms with van der Waals surface area (Å²) in [5.74, 6) is 0. The molecule has 0 fully saturated rings. The van der Waals surface area contributed by atoms with Gasteiger partial charge in [-0.2, -0.15) is 0 Å². The molecule has 5 heteroatoms. The molecule has 0 unspecified atom stereocenters. The Kier molecular flexibility index (Phi) is 3.95. The largest absolute Gasteiger partial charge is 0.243 e. The van der Waals surface area contributed by atoms with Crippen molar-refractivity contribution in [2.24, 2.45) is 0 Å². The molecular formula is C11H5Cl3IN. The van der Waals surface area contributed by atoms with Crippen LogP contribution in [0.4, 0.5) is 0 Å². The van der Waals surface area contributed by atoms with Gasteiger partial charge in [0.05, 0.1) is 13.6 Å². The van der Waals surface area contributed by atoms with Crippen molar-refractivity contribution in [1.29, 1.82) is 0 Å². The lowest BCUT2D eigenvalue weighted by atomic mass is 10.1. The second-order valence-electron chi connectivity index (χ2n) is 3.13. The van der Waals surface area contributed by atoms with Crippen LogP contribution in [0.15, 0.2) is 30.5 Å². The Morgan fingerprint density at radius 2 is 1.69 bits per heavy atom. The molecular weight excluding hydrogens is 379 g/mol. The van der Waals surface area contributed by atoms with Gasteiger partial charge in [-0.05, 0) is 46.4 Å². The SMILES string of the molecule is Clc1ccc(-c2cnc(Cl)c(I)c2)cc1Cl. The molecule has 0 radical (unpaired) electrons. The van der Waals surface area contributed by atoms with Gasteiger partial charge in [-0.1, -0.05) is 40.9 Å². The average Bonchev–Trinajstić information content (AvgIpc) is 2.26. The van der Waals surface area contributed by atoms with E-state index < -0.39 is 0 Å². The summed E-state index contributed by atoms with van der Waals surface area (Å²) in [6.07, 6.45) is 1.71. The van der Waals surface area contributed by atoms with Gasteiger partial charge in [-0.3, -0.25) is 0 Å². The van der Waals surface area contributed by atoms with Crippen LogP contribution in [-0.4, -0.2) is 4.98 Å². The van der Waals surface area contributed by atoms with E-state index in [0.717, 1.165) is 14.7 Å². The van der Waals surface area contributed by atoms with Crippen LogP contribution in [0.2, 0.25) is 15.2 Å². The van der Waals surface area contributed by atoms with Crippen molar-refractivity contribution in [3.63, 3.8) is 0 Å². The van der Waals surface area contributed by atoms with E-state index in [4.69, 9.17) is 34.8 Å². The molecule has 0 saturated heterocycles. The Balaban J connectivity index is 2.50. The van der Waals surface area contributed by atoms with Gasteiger partial charge in [0.1, 0.15) is 5.15 Å². The fourth-order valence-corrected chi connectivity index (χ4v) is 2.13. The molecule has 0 atom stereocenters. The van der Waals surface area contributed by atoms with Crippen molar-refractivity contribution < 1.29 is 0 Å². The molecule has 1 heterocycles. The van der Waals surface area contributed by atoms with Crippen LogP contribution in [0, 0.1) is 3.57 Å². The Bertz CT molecular complexity index is 493. The molecule has 2 rings (SSSR count). The highest BCUT2D eigenvalue weighted by atomic mass is 127. The smallest absolute Gasteiger partial charge is 0.142 e. The van der Waals surface area contributed by atoms with Gasteiger partial charge in [0.2, 0.25) is 0 Å². The van der Waals surface area contributed by atoms with Crippen LogP contribution in [-0.2, 0) is 0 Å². The Hall–Kier alpha value is -0.0300. The van der Waals surface area contributed by atoms with Crippen molar-refractivity contribution >= 4 is 57.4 Å². The second-order valence-corrected chi connectivity index (χ2v) is 5.46. The zero-order valence-corrected chi connectivity index (χ0v) is 12.3. The molecule has 1 aromatic heterocycles. The Labute approximate surface area is 122 Å². The van der Waals surface area contributed by atoms with Gasteiger partial charge in [0, 0.05) is 11.8 Å². The van der Waals surface area contributed by atoms with Crippen LogP contribution in [0.25, 0.3) is 11.1 Å². The molecule has 1 aromatic carbocycles. The van der Waals surface area contributed by atoms with Crippen molar-refractivity contribution in [2.45, 2.75) is 0 Å². The quantitative estimate of drug-likeness (QED) is 0.479. The van der Waals surface area contributed by atoms with Crippen molar-refractivity contribution in [2.75, 3.05) is 0 Å². The predicted molar refractivity (Wildman–Crippen MR) is 77.4 cm³/mol. The van der Waals surface area contributed by atoms with E-state index in [9.17, 15) is 0 Å². The molecule has 0 saturated carbocycles. The third-order valence-corrected chi connectivity index (χ3v) is 4.23. The van der Waals surface area contributed by atoms with E-state index in [1.165, 1.54) is 0 Å². The highest BCUT2D eigenvalue weighted by molar-refractivity contribution is 14.1. The molecule has 16 heavy (non-hydrogen) atoms. The van der Waals surface area contributed by atoms with E-state index in [0.29, 0.717) is 15.2 Å². The normalized spacial score (nSPS) is 10.5. The van der Waals surface area contributed by atoms with E-state index >= 15 is 0 Å². The summed E-state index contributed by atoms with van der Waals surface area (Å²) >= 11 is 19.8. The van der Waals surface area contributed by atoms with Gasteiger partial charge in [-0.15, -0.1) is 0 Å². The number of pyridine rings is 1. The van der Waals surface area contributed by atoms with E-state index in [1.54, 1.807) is 12.3 Å². The summed E-state index contributed by atoms with van der Waals surface area (Å²) in [6.45, 7) is 0. The summed E-state index contributed by atoms with van der Waals surface area (Å²) in [5.41, 5.74) is 1.93. The van der Waals surface area contributed by atoms with E-state index in [1.807, 2.05) is 18.2 Å². The van der Waals surface area contributed by atoms with Crippen LogP contribution in [0.5, 0.6) is 0 Å². The molecule has 0 N–H and O–H groups in total. The van der Waals surface area contributed by atoms with Crippen molar-refractivity contribution in [1.82, 2.24) is 4.98 Å². The maximum absolute atomic E-state index is 5.95. The van der Waals surface area contributed by atoms with Crippen molar-refractivity contribution in [3.05, 3.63) is 49.2 Å². The third kappa shape index (κ3) is 2.62. The first-order chi connectivity index (χ1) is 7.58. The summed E-state index contributed by atoms with van der Waals surface area (Å²) in [4.78, 5) is 4.09. The van der Waals surface area contributed by atoms with Crippen LogP contribution < -0.4 is 0 Å². The Morgan fingerprint density at radius 3 is 2.31 bits per heavy atom. The number of hydrogen-bond acceptors (Lipinski definition) is 1. The third-order valence-electron chi connectivity index (χ3n) is 2.05. The Morgan fingerprint density at radius 1 is 0.938 bits per heavy atom. The second kappa shape index (κ2) is 5.08. The van der Waals surface area contributed by atoms with Gasteiger partial charge >= 0.3 is 0 Å². The van der Waals surface area contributed by atoms with Crippen LogP contribution in [0.1, 0.15) is 0 Å². The standard InChI is InChI=1S/C11H5Cl3IN/c12-8-2-1-6(3-9(8)13)7-4-10(15)11(14)16-5-7/h1-5H.